The summed E-state index contributed by atoms with van der Waals surface area (Å²) in [6.07, 6.45) is 2.70. The Bertz CT molecular complexity index is 451. The van der Waals surface area contributed by atoms with E-state index >= 15 is 0 Å². The van der Waals surface area contributed by atoms with Gasteiger partial charge in [0.25, 0.3) is 0 Å². The predicted octanol–water partition coefficient (Wildman–Crippen LogP) is 1.37. The van der Waals surface area contributed by atoms with Crippen LogP contribution in [0.1, 0.15) is 25.5 Å². The minimum absolute atomic E-state index is 0.336. The van der Waals surface area contributed by atoms with E-state index in [1.165, 1.54) is 0 Å². The van der Waals surface area contributed by atoms with Crippen LogP contribution in [-0.2, 0) is 6.42 Å². The fraction of sp³-hybridized carbons (Fsp3) is 0.333. The third-order valence-electron chi connectivity index (χ3n) is 2.46. The van der Waals surface area contributed by atoms with Crippen molar-refractivity contribution >= 4 is 0 Å². The molecule has 0 atom stereocenters. The Morgan fingerprint density at radius 1 is 1.31 bits per heavy atom. The smallest absolute Gasteiger partial charge is 0.240 e. The maximum atomic E-state index is 11.5. The Labute approximate surface area is 94.1 Å². The van der Waals surface area contributed by atoms with Crippen molar-refractivity contribution in [1.82, 2.24) is 5.27 Å². The molecule has 1 aromatic carbocycles. The molecule has 0 fully saturated rings. The summed E-state index contributed by atoms with van der Waals surface area (Å²) in [7, 11) is 0. The van der Waals surface area contributed by atoms with Crippen molar-refractivity contribution in [3.05, 3.63) is 36.0 Å². The van der Waals surface area contributed by atoms with Gasteiger partial charge in [0.2, 0.25) is 11.4 Å². The van der Waals surface area contributed by atoms with Crippen LogP contribution in [0.15, 0.2) is 34.9 Å². The summed E-state index contributed by atoms with van der Waals surface area (Å²) in [6.45, 7) is 2.09. The normalized spacial score (nSPS) is 10.6. The number of benzene rings is 1. The molecule has 1 heterocycles. The molecule has 0 aliphatic carbocycles. The standard InChI is InChI=1S/C12H14N2O2/c1-2-3-9-11-12(15)16-13-14(11)10-7-5-4-6-8-10/h4-8H,2-3,9H2,1H3. The van der Waals surface area contributed by atoms with Gasteiger partial charge >= 0.3 is 0 Å². The maximum absolute atomic E-state index is 11.5. The average Bonchev–Trinajstić information content (AvgIpc) is 2.69. The molecule has 0 N–H and O–H groups in total. The van der Waals surface area contributed by atoms with Crippen LogP contribution in [0.5, 0.6) is 5.95 Å². The molecule has 0 aliphatic heterocycles. The van der Waals surface area contributed by atoms with E-state index in [9.17, 15) is 5.11 Å². The Kier molecular flexibility index (Phi) is 3.19. The number of aromatic nitrogens is 2. The molecule has 0 bridgehead atoms. The number of para-hydroxylation sites is 1. The van der Waals surface area contributed by atoms with Gasteiger partial charge in [-0.15, -0.1) is 0 Å². The van der Waals surface area contributed by atoms with Gasteiger partial charge in [0.15, 0.2) is 5.95 Å². The molecule has 0 aliphatic rings. The second-order valence-electron chi connectivity index (χ2n) is 3.66. The van der Waals surface area contributed by atoms with Crippen LogP contribution in [0.4, 0.5) is 0 Å². The first-order chi connectivity index (χ1) is 7.83. The summed E-state index contributed by atoms with van der Waals surface area (Å²) in [5.41, 5.74) is 1.48. The summed E-state index contributed by atoms with van der Waals surface area (Å²) >= 11 is 0. The van der Waals surface area contributed by atoms with Crippen molar-refractivity contribution in [3.8, 4) is 11.6 Å². The molecule has 0 saturated heterocycles. The number of nitrogens with zero attached hydrogens (tertiary/aromatic N) is 2. The first-order valence-corrected chi connectivity index (χ1v) is 5.46. The summed E-state index contributed by atoms with van der Waals surface area (Å²) in [4.78, 5) is 0. The van der Waals surface area contributed by atoms with Crippen LogP contribution >= 0.6 is 0 Å². The topological polar surface area (TPSA) is 53.0 Å². The number of hydrogen-bond donors (Lipinski definition) is 0. The second kappa shape index (κ2) is 4.79. The molecule has 4 heteroatoms. The van der Waals surface area contributed by atoms with Gasteiger partial charge in [-0.1, -0.05) is 31.5 Å². The Morgan fingerprint density at radius 3 is 2.75 bits per heavy atom. The first-order valence-electron chi connectivity index (χ1n) is 5.46. The molecule has 0 saturated carbocycles. The molecule has 4 nitrogen and oxygen atoms in total. The number of rotatable bonds is 4. The Morgan fingerprint density at radius 2 is 2.06 bits per heavy atom. The Balaban J connectivity index is 2.34. The summed E-state index contributed by atoms with van der Waals surface area (Å²) < 4.78 is 6.29. The van der Waals surface area contributed by atoms with Crippen molar-refractivity contribution < 1.29 is 14.3 Å². The summed E-state index contributed by atoms with van der Waals surface area (Å²) in [5, 5.41) is 15.2. The summed E-state index contributed by atoms with van der Waals surface area (Å²) in [6, 6.07) is 9.54. The molecular formula is C12H14N2O2. The highest BCUT2D eigenvalue weighted by molar-refractivity contribution is 5.22. The van der Waals surface area contributed by atoms with Crippen LogP contribution in [0.2, 0.25) is 0 Å². The van der Waals surface area contributed by atoms with Gasteiger partial charge in [0.1, 0.15) is 0 Å². The fourth-order valence-electron chi connectivity index (χ4n) is 1.59. The zero-order valence-electron chi connectivity index (χ0n) is 9.22. The largest absolute Gasteiger partial charge is 0.539 e. The third kappa shape index (κ3) is 2.05. The molecular weight excluding hydrogens is 204 g/mol. The molecule has 1 aromatic heterocycles. The molecule has 2 rings (SSSR count). The fourth-order valence-corrected chi connectivity index (χ4v) is 1.59. The Hall–Kier alpha value is -1.84. The van der Waals surface area contributed by atoms with Gasteiger partial charge < -0.3 is 9.63 Å². The van der Waals surface area contributed by atoms with Gasteiger partial charge in [-0.2, -0.15) is 0 Å². The monoisotopic (exact) mass is 218 g/mol. The minimum atomic E-state index is -0.336. The van der Waals surface area contributed by atoms with Gasteiger partial charge in [-0.05, 0) is 11.1 Å². The molecule has 0 amide bonds. The van der Waals surface area contributed by atoms with E-state index < -0.39 is 0 Å². The molecule has 0 spiro atoms. The van der Waals surface area contributed by atoms with E-state index in [2.05, 4.69) is 12.2 Å². The summed E-state index contributed by atoms with van der Waals surface area (Å²) in [5.74, 6) is -0.336. The lowest BCUT2D eigenvalue weighted by atomic mass is 10.2. The van der Waals surface area contributed by atoms with E-state index in [1.54, 1.807) is 4.68 Å². The molecule has 16 heavy (non-hydrogen) atoms. The molecule has 0 unspecified atom stereocenters. The number of hydrogen-bond acceptors (Lipinski definition) is 3. The van der Waals surface area contributed by atoms with E-state index in [0.29, 0.717) is 12.1 Å². The van der Waals surface area contributed by atoms with Crippen LogP contribution < -0.4 is 9.79 Å². The third-order valence-corrected chi connectivity index (χ3v) is 2.46. The van der Waals surface area contributed by atoms with Crippen LogP contribution in [-0.4, -0.2) is 5.27 Å². The highest BCUT2D eigenvalue weighted by Gasteiger charge is 2.18. The molecule has 84 valence electrons. The van der Waals surface area contributed by atoms with E-state index in [4.69, 9.17) is 4.52 Å². The zero-order valence-corrected chi connectivity index (χ0v) is 9.22. The van der Waals surface area contributed by atoms with Gasteiger partial charge in [0, 0.05) is 18.6 Å². The van der Waals surface area contributed by atoms with Crippen molar-refractivity contribution in [2.24, 2.45) is 0 Å². The van der Waals surface area contributed by atoms with E-state index in [-0.39, 0.29) is 5.95 Å². The van der Waals surface area contributed by atoms with Gasteiger partial charge in [-0.3, -0.25) is 0 Å². The lowest BCUT2D eigenvalue weighted by molar-refractivity contribution is -0.677. The van der Waals surface area contributed by atoms with E-state index in [1.807, 2.05) is 30.3 Å². The number of unbranched alkanes of at least 4 members (excludes halogenated alkanes) is 1. The zero-order chi connectivity index (χ0) is 11.4. The van der Waals surface area contributed by atoms with E-state index in [0.717, 1.165) is 18.5 Å². The molecule has 0 radical (unpaired) electrons. The lowest BCUT2D eigenvalue weighted by Gasteiger charge is -1.96. The minimum Gasteiger partial charge on any atom is -0.539 e. The highest BCUT2D eigenvalue weighted by Crippen LogP contribution is 2.12. The lowest BCUT2D eigenvalue weighted by Crippen LogP contribution is -2.36. The SMILES string of the molecule is CCCCc1c([O-])on[n+]1-c1ccccc1. The highest BCUT2D eigenvalue weighted by atomic mass is 16.6. The van der Waals surface area contributed by atoms with Crippen LogP contribution in [0.3, 0.4) is 0 Å². The first kappa shape index (κ1) is 10.7. The second-order valence-corrected chi connectivity index (χ2v) is 3.66. The van der Waals surface area contributed by atoms with Crippen LogP contribution in [0.25, 0.3) is 5.69 Å². The van der Waals surface area contributed by atoms with Gasteiger partial charge in [-0.25, -0.2) is 0 Å². The predicted molar refractivity (Wildman–Crippen MR) is 56.1 cm³/mol. The van der Waals surface area contributed by atoms with Crippen molar-refractivity contribution in [1.29, 1.82) is 0 Å². The van der Waals surface area contributed by atoms with Crippen LogP contribution in [0, 0.1) is 0 Å². The molecule has 2 aromatic rings. The van der Waals surface area contributed by atoms with Gasteiger partial charge in [0.05, 0.1) is 5.27 Å². The maximum Gasteiger partial charge on any atom is 0.240 e. The van der Waals surface area contributed by atoms with Crippen molar-refractivity contribution in [2.75, 3.05) is 0 Å². The van der Waals surface area contributed by atoms with Crippen molar-refractivity contribution in [2.45, 2.75) is 26.2 Å². The quantitative estimate of drug-likeness (QED) is 0.728. The van der Waals surface area contributed by atoms with Crippen molar-refractivity contribution in [3.63, 3.8) is 0 Å². The average molecular weight is 218 g/mol.